The number of amides is 1. The van der Waals surface area contributed by atoms with Crippen LogP contribution >= 0.6 is 11.8 Å². The lowest BCUT2D eigenvalue weighted by molar-refractivity contribution is -0.138. The lowest BCUT2D eigenvalue weighted by atomic mass is 10.3. The number of amidine groups is 1. The van der Waals surface area contributed by atoms with Crippen molar-refractivity contribution in [3.05, 3.63) is 0 Å². The van der Waals surface area contributed by atoms with Crippen LogP contribution in [-0.4, -0.2) is 47.7 Å². The SMILES string of the molecule is COCCN=C1NC(=O)C(CC(=O)O)S1. The Labute approximate surface area is 91.1 Å². The van der Waals surface area contributed by atoms with E-state index in [-0.39, 0.29) is 12.3 Å². The molecular formula is C8H12N2O4S. The summed E-state index contributed by atoms with van der Waals surface area (Å²) in [5, 5.41) is 11.0. The third kappa shape index (κ3) is 3.88. The number of carboxylic acids is 1. The molecule has 7 heteroatoms. The molecule has 1 fully saturated rings. The van der Waals surface area contributed by atoms with Gasteiger partial charge in [-0.2, -0.15) is 0 Å². The zero-order chi connectivity index (χ0) is 11.3. The molecule has 0 spiro atoms. The Morgan fingerprint density at radius 3 is 3.07 bits per heavy atom. The Hall–Kier alpha value is -1.08. The first-order chi connectivity index (χ1) is 7.13. The maximum absolute atomic E-state index is 11.2. The fourth-order valence-electron chi connectivity index (χ4n) is 1.01. The van der Waals surface area contributed by atoms with Crippen LogP contribution in [0, 0.1) is 0 Å². The Morgan fingerprint density at radius 1 is 1.73 bits per heavy atom. The molecule has 0 bridgehead atoms. The normalized spacial score (nSPS) is 23.1. The number of carboxylic acid groups (broad SMARTS) is 1. The number of carbonyl (C=O) groups excluding carboxylic acids is 1. The van der Waals surface area contributed by atoms with Gasteiger partial charge in [-0.1, -0.05) is 11.8 Å². The third-order valence-corrected chi connectivity index (χ3v) is 2.81. The number of hydrogen-bond acceptors (Lipinski definition) is 5. The van der Waals surface area contributed by atoms with E-state index in [1.54, 1.807) is 7.11 Å². The number of nitrogens with one attached hydrogen (secondary N) is 1. The van der Waals surface area contributed by atoms with Gasteiger partial charge >= 0.3 is 5.97 Å². The van der Waals surface area contributed by atoms with E-state index in [0.717, 1.165) is 11.8 Å². The van der Waals surface area contributed by atoms with Gasteiger partial charge in [0.15, 0.2) is 5.17 Å². The van der Waals surface area contributed by atoms with Crippen LogP contribution in [0.4, 0.5) is 0 Å². The quantitative estimate of drug-likeness (QED) is 0.635. The first kappa shape index (κ1) is 12.0. The minimum absolute atomic E-state index is 0.181. The van der Waals surface area contributed by atoms with Crippen LogP contribution in [0.25, 0.3) is 0 Å². The van der Waals surface area contributed by atoms with Gasteiger partial charge < -0.3 is 15.2 Å². The highest BCUT2D eigenvalue weighted by atomic mass is 32.2. The molecule has 0 aliphatic carbocycles. The average Bonchev–Trinajstić information content (AvgIpc) is 2.47. The first-order valence-electron chi connectivity index (χ1n) is 4.36. The smallest absolute Gasteiger partial charge is 0.305 e. The number of carbonyl (C=O) groups is 2. The number of nitrogens with zero attached hydrogens (tertiary/aromatic N) is 1. The van der Waals surface area contributed by atoms with E-state index in [4.69, 9.17) is 9.84 Å². The van der Waals surface area contributed by atoms with E-state index in [2.05, 4.69) is 10.3 Å². The number of ether oxygens (including phenoxy) is 1. The summed E-state index contributed by atoms with van der Waals surface area (Å²) in [6.45, 7) is 0.933. The highest BCUT2D eigenvalue weighted by Gasteiger charge is 2.31. The number of hydrogen-bond donors (Lipinski definition) is 2. The molecule has 0 aromatic rings. The standard InChI is InChI=1S/C8H12N2O4S/c1-14-3-2-9-8-10-7(13)5(15-8)4-6(11)12/h5H,2-4H2,1H3,(H,11,12)(H,9,10,13). The predicted molar refractivity (Wildman–Crippen MR) is 56.0 cm³/mol. The molecule has 0 aromatic heterocycles. The van der Waals surface area contributed by atoms with Crippen LogP contribution in [-0.2, 0) is 14.3 Å². The topological polar surface area (TPSA) is 88.0 Å². The molecule has 15 heavy (non-hydrogen) atoms. The van der Waals surface area contributed by atoms with E-state index in [1.165, 1.54) is 0 Å². The third-order valence-electron chi connectivity index (χ3n) is 1.69. The average molecular weight is 232 g/mol. The molecule has 1 aliphatic rings. The minimum Gasteiger partial charge on any atom is -0.481 e. The molecule has 0 radical (unpaired) electrons. The lowest BCUT2D eigenvalue weighted by Gasteiger charge is -1.98. The maximum atomic E-state index is 11.2. The van der Waals surface area contributed by atoms with Gasteiger partial charge in [-0.05, 0) is 0 Å². The molecule has 0 aromatic carbocycles. The number of thioether (sulfide) groups is 1. The summed E-state index contributed by atoms with van der Waals surface area (Å²) in [6, 6.07) is 0. The van der Waals surface area contributed by atoms with Crippen molar-refractivity contribution in [2.45, 2.75) is 11.7 Å². The van der Waals surface area contributed by atoms with Crippen molar-refractivity contribution in [1.82, 2.24) is 5.32 Å². The van der Waals surface area contributed by atoms with Gasteiger partial charge in [-0.3, -0.25) is 14.6 Å². The zero-order valence-corrected chi connectivity index (χ0v) is 9.04. The van der Waals surface area contributed by atoms with E-state index in [1.807, 2.05) is 0 Å². The molecule has 1 heterocycles. The number of aliphatic carboxylic acids is 1. The minimum atomic E-state index is -0.985. The van der Waals surface area contributed by atoms with Crippen molar-refractivity contribution < 1.29 is 19.4 Å². The Morgan fingerprint density at radius 2 is 2.47 bits per heavy atom. The fourth-order valence-corrected chi connectivity index (χ4v) is 2.00. The molecular weight excluding hydrogens is 220 g/mol. The molecule has 1 rings (SSSR count). The summed E-state index contributed by atoms with van der Waals surface area (Å²) in [5.74, 6) is -1.28. The van der Waals surface area contributed by atoms with Gasteiger partial charge in [0, 0.05) is 7.11 Å². The van der Waals surface area contributed by atoms with Gasteiger partial charge in [0.25, 0.3) is 0 Å². The maximum Gasteiger partial charge on any atom is 0.305 e. The number of aliphatic imine (C=N–C) groups is 1. The zero-order valence-electron chi connectivity index (χ0n) is 8.23. The lowest BCUT2D eigenvalue weighted by Crippen LogP contribution is -2.26. The monoisotopic (exact) mass is 232 g/mol. The summed E-state index contributed by atoms with van der Waals surface area (Å²) in [7, 11) is 1.56. The van der Waals surface area contributed by atoms with Gasteiger partial charge in [0.2, 0.25) is 5.91 Å². The van der Waals surface area contributed by atoms with Crippen LogP contribution in [0.3, 0.4) is 0 Å². The summed E-state index contributed by atoms with van der Waals surface area (Å²) in [6.07, 6.45) is -0.181. The predicted octanol–water partition coefficient (Wildman–Crippen LogP) is -0.305. The summed E-state index contributed by atoms with van der Waals surface area (Å²) in [5.41, 5.74) is 0. The molecule has 84 valence electrons. The van der Waals surface area contributed by atoms with Gasteiger partial charge in [-0.25, -0.2) is 0 Å². The summed E-state index contributed by atoms with van der Waals surface area (Å²) in [4.78, 5) is 25.7. The van der Waals surface area contributed by atoms with Gasteiger partial charge in [0.05, 0.1) is 19.6 Å². The second-order valence-electron chi connectivity index (χ2n) is 2.87. The van der Waals surface area contributed by atoms with Crippen LogP contribution in [0.5, 0.6) is 0 Å². The molecule has 1 unspecified atom stereocenters. The Balaban J connectivity index is 2.44. The number of rotatable bonds is 5. The van der Waals surface area contributed by atoms with Crippen molar-refractivity contribution in [2.24, 2.45) is 4.99 Å². The second-order valence-corrected chi connectivity index (χ2v) is 4.06. The van der Waals surface area contributed by atoms with Gasteiger partial charge in [0.1, 0.15) is 5.25 Å². The van der Waals surface area contributed by atoms with Crippen molar-refractivity contribution in [3.8, 4) is 0 Å². The molecule has 1 saturated heterocycles. The van der Waals surface area contributed by atoms with E-state index >= 15 is 0 Å². The first-order valence-corrected chi connectivity index (χ1v) is 5.24. The fraction of sp³-hybridized carbons (Fsp3) is 0.625. The van der Waals surface area contributed by atoms with Crippen LogP contribution in [0.1, 0.15) is 6.42 Å². The molecule has 0 saturated carbocycles. The molecule has 2 N–H and O–H groups in total. The molecule has 1 aliphatic heterocycles. The Bertz CT molecular complexity index is 292. The molecule has 6 nitrogen and oxygen atoms in total. The molecule has 1 atom stereocenters. The van der Waals surface area contributed by atoms with Gasteiger partial charge in [-0.15, -0.1) is 0 Å². The van der Waals surface area contributed by atoms with E-state index in [9.17, 15) is 9.59 Å². The van der Waals surface area contributed by atoms with Crippen molar-refractivity contribution in [2.75, 3.05) is 20.3 Å². The Kier molecular flexibility index (Phi) is 4.57. The number of methoxy groups -OCH3 is 1. The largest absolute Gasteiger partial charge is 0.481 e. The highest BCUT2D eigenvalue weighted by Crippen LogP contribution is 2.21. The van der Waals surface area contributed by atoms with Crippen LogP contribution in [0.15, 0.2) is 4.99 Å². The van der Waals surface area contributed by atoms with E-state index in [0.29, 0.717) is 18.3 Å². The summed E-state index contributed by atoms with van der Waals surface area (Å²) >= 11 is 1.15. The molecule has 1 amide bonds. The van der Waals surface area contributed by atoms with Crippen molar-refractivity contribution >= 4 is 28.8 Å². The van der Waals surface area contributed by atoms with Crippen LogP contribution < -0.4 is 5.32 Å². The van der Waals surface area contributed by atoms with Crippen molar-refractivity contribution in [3.63, 3.8) is 0 Å². The van der Waals surface area contributed by atoms with Crippen molar-refractivity contribution in [1.29, 1.82) is 0 Å². The van der Waals surface area contributed by atoms with Crippen LogP contribution in [0.2, 0.25) is 0 Å². The summed E-state index contributed by atoms with van der Waals surface area (Å²) < 4.78 is 4.80. The highest BCUT2D eigenvalue weighted by molar-refractivity contribution is 8.15. The van der Waals surface area contributed by atoms with E-state index < -0.39 is 11.2 Å². The second kappa shape index (κ2) is 5.72.